The van der Waals surface area contributed by atoms with E-state index in [0.29, 0.717) is 16.1 Å². The molecule has 0 atom stereocenters. The molecule has 2 aromatic carbocycles. The van der Waals surface area contributed by atoms with Gasteiger partial charge >= 0.3 is 12.6 Å². The molecule has 2 amide bonds. The van der Waals surface area contributed by atoms with Crippen molar-refractivity contribution in [3.63, 3.8) is 0 Å². The molecule has 0 unspecified atom stereocenters. The molecule has 2 rings (SSSR count). The van der Waals surface area contributed by atoms with Gasteiger partial charge in [-0.1, -0.05) is 23.7 Å². The highest BCUT2D eigenvalue weighted by Gasteiger charge is 2.13. The van der Waals surface area contributed by atoms with Gasteiger partial charge in [0.1, 0.15) is 5.75 Å². The quantitative estimate of drug-likeness (QED) is 0.557. The monoisotopic (exact) mass is 454 g/mol. The number of benzene rings is 2. The summed E-state index contributed by atoms with van der Waals surface area (Å²) in [5.41, 5.74) is 1.09. The van der Waals surface area contributed by atoms with Gasteiger partial charge in [-0.2, -0.15) is 8.78 Å². The zero-order valence-corrected chi connectivity index (χ0v) is 17.4. The lowest BCUT2D eigenvalue weighted by atomic mass is 10.2. The van der Waals surface area contributed by atoms with Crippen molar-refractivity contribution in [1.29, 1.82) is 0 Å². The molecule has 0 aromatic heterocycles. The van der Waals surface area contributed by atoms with E-state index in [2.05, 4.69) is 10.1 Å². The Balaban J connectivity index is 1.68. The summed E-state index contributed by atoms with van der Waals surface area (Å²) in [5.74, 6) is -1.41. The van der Waals surface area contributed by atoms with Gasteiger partial charge in [0.15, 0.2) is 6.61 Å². The van der Waals surface area contributed by atoms with Crippen molar-refractivity contribution >= 4 is 29.4 Å². The van der Waals surface area contributed by atoms with Crippen molar-refractivity contribution in [3.05, 3.63) is 64.7 Å². The molecule has 0 spiro atoms. The van der Waals surface area contributed by atoms with Crippen LogP contribution in [0.4, 0.5) is 8.78 Å². The van der Waals surface area contributed by atoms with E-state index in [1.807, 2.05) is 0 Å². The Hall–Kier alpha value is -3.20. The lowest BCUT2D eigenvalue weighted by Crippen LogP contribution is -2.31. The summed E-state index contributed by atoms with van der Waals surface area (Å²) in [5, 5.41) is 3.08. The van der Waals surface area contributed by atoms with E-state index < -0.39 is 25.1 Å². The first-order chi connectivity index (χ1) is 14.7. The van der Waals surface area contributed by atoms with Crippen molar-refractivity contribution in [2.45, 2.75) is 19.6 Å². The SMILES string of the molecule is CN(Cc1ccc(OC(F)F)cc1)C(=O)COC(=O)CCNC(=O)c1ccc(Cl)cc1. The summed E-state index contributed by atoms with van der Waals surface area (Å²) < 4.78 is 33.5. The largest absolute Gasteiger partial charge is 0.456 e. The van der Waals surface area contributed by atoms with Gasteiger partial charge in [0, 0.05) is 30.7 Å². The third-order valence-electron chi connectivity index (χ3n) is 4.07. The molecule has 166 valence electrons. The van der Waals surface area contributed by atoms with Crippen LogP contribution in [0, 0.1) is 0 Å². The summed E-state index contributed by atoms with van der Waals surface area (Å²) in [6.07, 6.45) is -0.0953. The second-order valence-corrected chi connectivity index (χ2v) is 6.88. The fourth-order valence-electron chi connectivity index (χ4n) is 2.44. The number of carbonyl (C=O) groups excluding carboxylic acids is 3. The van der Waals surface area contributed by atoms with Crippen molar-refractivity contribution < 1.29 is 32.6 Å². The van der Waals surface area contributed by atoms with Crippen LogP contribution in [0.3, 0.4) is 0 Å². The van der Waals surface area contributed by atoms with E-state index in [4.69, 9.17) is 16.3 Å². The summed E-state index contributed by atoms with van der Waals surface area (Å²) in [7, 11) is 1.52. The van der Waals surface area contributed by atoms with Crippen LogP contribution in [-0.4, -0.2) is 49.5 Å². The average molecular weight is 455 g/mol. The van der Waals surface area contributed by atoms with Crippen molar-refractivity contribution in [2.75, 3.05) is 20.2 Å². The van der Waals surface area contributed by atoms with Gasteiger partial charge in [-0.15, -0.1) is 0 Å². The highest BCUT2D eigenvalue weighted by Crippen LogP contribution is 2.16. The van der Waals surface area contributed by atoms with Gasteiger partial charge in [-0.25, -0.2) is 0 Å². The minimum Gasteiger partial charge on any atom is -0.456 e. The molecule has 7 nitrogen and oxygen atoms in total. The zero-order valence-electron chi connectivity index (χ0n) is 16.6. The molecule has 0 heterocycles. The van der Waals surface area contributed by atoms with Crippen LogP contribution >= 0.6 is 11.6 Å². The third-order valence-corrected chi connectivity index (χ3v) is 4.32. The first kappa shape index (κ1) is 24.1. The van der Waals surface area contributed by atoms with Gasteiger partial charge in [0.05, 0.1) is 6.42 Å². The lowest BCUT2D eigenvalue weighted by molar-refractivity contribution is -0.151. The second kappa shape index (κ2) is 11.8. The number of nitrogens with zero attached hydrogens (tertiary/aromatic N) is 1. The lowest BCUT2D eigenvalue weighted by Gasteiger charge is -2.17. The third kappa shape index (κ3) is 8.59. The normalized spacial score (nSPS) is 10.5. The molecule has 31 heavy (non-hydrogen) atoms. The van der Waals surface area contributed by atoms with Crippen molar-refractivity contribution in [2.24, 2.45) is 0 Å². The number of alkyl halides is 2. The smallest absolute Gasteiger partial charge is 0.387 e. The molecular formula is C21H21ClF2N2O5. The maximum Gasteiger partial charge on any atom is 0.387 e. The molecule has 0 bridgehead atoms. The van der Waals surface area contributed by atoms with Gasteiger partial charge in [-0.3, -0.25) is 14.4 Å². The number of nitrogens with one attached hydrogen (secondary N) is 1. The molecule has 0 aliphatic carbocycles. The fraction of sp³-hybridized carbons (Fsp3) is 0.286. The molecule has 0 saturated heterocycles. The minimum atomic E-state index is -2.91. The van der Waals surface area contributed by atoms with E-state index in [9.17, 15) is 23.2 Å². The highest BCUT2D eigenvalue weighted by molar-refractivity contribution is 6.30. The first-order valence-electron chi connectivity index (χ1n) is 9.21. The molecule has 0 aliphatic rings. The van der Waals surface area contributed by atoms with Crippen LogP contribution in [0.1, 0.15) is 22.3 Å². The molecule has 0 fully saturated rings. The Morgan fingerprint density at radius 1 is 1.06 bits per heavy atom. The molecular weight excluding hydrogens is 434 g/mol. The van der Waals surface area contributed by atoms with Gasteiger partial charge in [0.25, 0.3) is 11.8 Å². The number of hydrogen-bond acceptors (Lipinski definition) is 5. The number of hydrogen-bond donors (Lipinski definition) is 1. The number of esters is 1. The van der Waals surface area contributed by atoms with Crippen LogP contribution < -0.4 is 10.1 Å². The van der Waals surface area contributed by atoms with Crippen molar-refractivity contribution in [1.82, 2.24) is 10.2 Å². The summed E-state index contributed by atoms with van der Waals surface area (Å²) in [6, 6.07) is 12.1. The molecule has 10 heteroatoms. The van der Waals surface area contributed by atoms with Gasteiger partial charge in [0.2, 0.25) is 0 Å². The summed E-state index contributed by atoms with van der Waals surface area (Å²) >= 11 is 5.76. The summed E-state index contributed by atoms with van der Waals surface area (Å²) in [6.45, 7) is -3.11. The van der Waals surface area contributed by atoms with E-state index >= 15 is 0 Å². The van der Waals surface area contributed by atoms with Crippen LogP contribution in [-0.2, 0) is 20.9 Å². The average Bonchev–Trinajstić information content (AvgIpc) is 2.73. The van der Waals surface area contributed by atoms with Crippen LogP contribution in [0.2, 0.25) is 5.02 Å². The Kier molecular flexibility index (Phi) is 9.20. The van der Waals surface area contributed by atoms with E-state index in [0.717, 1.165) is 0 Å². The molecule has 0 aliphatic heterocycles. The molecule has 2 aromatic rings. The van der Waals surface area contributed by atoms with Gasteiger partial charge in [-0.05, 0) is 42.0 Å². The van der Waals surface area contributed by atoms with Crippen molar-refractivity contribution in [3.8, 4) is 5.75 Å². The molecule has 0 saturated carbocycles. The Morgan fingerprint density at radius 3 is 2.32 bits per heavy atom. The second-order valence-electron chi connectivity index (χ2n) is 6.45. The van der Waals surface area contributed by atoms with E-state index in [1.54, 1.807) is 36.4 Å². The Bertz CT molecular complexity index is 892. The standard InChI is InChI=1S/C21H21ClF2N2O5/c1-26(12-14-2-8-17(9-3-14)31-21(23)24)18(27)13-30-19(28)10-11-25-20(29)15-4-6-16(22)7-5-15/h2-9,21H,10-13H2,1H3,(H,25,29). The van der Waals surface area contributed by atoms with Crippen LogP contribution in [0.25, 0.3) is 0 Å². The van der Waals surface area contributed by atoms with Crippen LogP contribution in [0.5, 0.6) is 5.75 Å². The predicted octanol–water partition coefficient (Wildman–Crippen LogP) is 3.26. The first-order valence-corrected chi connectivity index (χ1v) is 9.59. The van der Waals surface area contributed by atoms with E-state index in [1.165, 1.54) is 24.1 Å². The number of ether oxygens (including phenoxy) is 2. The maximum absolute atomic E-state index is 12.2. The Labute approximate surface area is 182 Å². The van der Waals surface area contributed by atoms with Gasteiger partial charge < -0.3 is 19.7 Å². The fourth-order valence-corrected chi connectivity index (χ4v) is 2.57. The maximum atomic E-state index is 12.2. The topological polar surface area (TPSA) is 84.9 Å². The highest BCUT2D eigenvalue weighted by atomic mass is 35.5. The number of rotatable bonds is 10. The minimum absolute atomic E-state index is 0.0183. The Morgan fingerprint density at radius 2 is 1.71 bits per heavy atom. The zero-order chi connectivity index (χ0) is 22.8. The predicted molar refractivity (Wildman–Crippen MR) is 109 cm³/mol. The summed E-state index contributed by atoms with van der Waals surface area (Å²) in [4.78, 5) is 37.1. The van der Waals surface area contributed by atoms with E-state index in [-0.39, 0.29) is 31.2 Å². The number of amides is 2. The number of halogens is 3. The number of carbonyl (C=O) groups is 3. The molecule has 0 radical (unpaired) electrons. The van der Waals surface area contributed by atoms with Crippen LogP contribution in [0.15, 0.2) is 48.5 Å². The number of likely N-dealkylation sites (N-methyl/N-ethyl adjacent to an activating group) is 1. The molecule has 1 N–H and O–H groups in total.